The number of rotatable bonds is 5. The van der Waals surface area contributed by atoms with E-state index in [1.165, 1.54) is 6.08 Å². The minimum atomic E-state index is -0.0946. The number of aromatic hydroxyl groups is 1. The van der Waals surface area contributed by atoms with E-state index in [4.69, 9.17) is 4.74 Å². The molecule has 4 nitrogen and oxygen atoms in total. The number of carbonyl (C=O) groups excluding carboxylic acids is 1. The van der Waals surface area contributed by atoms with E-state index in [9.17, 15) is 9.90 Å². The number of phenolic OH excluding ortho intramolecular Hbond substituents is 1. The first-order chi connectivity index (χ1) is 10.1. The van der Waals surface area contributed by atoms with Crippen LogP contribution in [0, 0.1) is 0 Å². The lowest BCUT2D eigenvalue weighted by molar-refractivity contribution is 0.104. The largest absolute Gasteiger partial charge is 0.508 e. The van der Waals surface area contributed by atoms with Gasteiger partial charge in [0.15, 0.2) is 5.78 Å². The molecule has 0 saturated heterocycles. The van der Waals surface area contributed by atoms with Gasteiger partial charge in [-0.05, 0) is 43.3 Å². The molecule has 0 aromatic heterocycles. The third-order valence-corrected chi connectivity index (χ3v) is 2.91. The lowest BCUT2D eigenvalue weighted by Crippen LogP contribution is -2.01. The zero-order valence-corrected chi connectivity index (χ0v) is 12.0. The first-order valence-corrected chi connectivity index (χ1v) is 6.51. The van der Waals surface area contributed by atoms with Crippen LogP contribution in [-0.4, -0.2) is 18.0 Å². The van der Waals surface area contributed by atoms with Crippen molar-refractivity contribution in [3.63, 3.8) is 0 Å². The summed E-state index contributed by atoms with van der Waals surface area (Å²) < 4.78 is 5.06. The van der Waals surface area contributed by atoms with Gasteiger partial charge < -0.3 is 15.2 Å². The van der Waals surface area contributed by atoms with Gasteiger partial charge >= 0.3 is 0 Å². The summed E-state index contributed by atoms with van der Waals surface area (Å²) >= 11 is 0. The number of hydrogen-bond donors (Lipinski definition) is 2. The fourth-order valence-corrected chi connectivity index (χ4v) is 1.88. The summed E-state index contributed by atoms with van der Waals surface area (Å²) in [6, 6.07) is 13.7. The number of benzene rings is 2. The highest BCUT2D eigenvalue weighted by molar-refractivity contribution is 6.05. The molecule has 0 atom stereocenters. The Kier molecular flexibility index (Phi) is 4.61. The molecule has 0 amide bonds. The maximum absolute atomic E-state index is 12.1. The molecule has 0 spiro atoms. The molecule has 2 aromatic carbocycles. The number of anilines is 1. The van der Waals surface area contributed by atoms with Gasteiger partial charge in [0, 0.05) is 29.1 Å². The summed E-state index contributed by atoms with van der Waals surface area (Å²) in [5.74, 6) is 0.794. The predicted molar refractivity (Wildman–Crippen MR) is 82.8 cm³/mol. The standard InChI is InChI=1S/C17H17NO3/c1-12(18-14-4-3-5-15(19)11-14)10-17(20)13-6-8-16(21-2)9-7-13/h3-11,18-19H,1-2H3/b12-10+. The Morgan fingerprint density at radius 1 is 1.19 bits per heavy atom. The van der Waals surface area contributed by atoms with Gasteiger partial charge in [-0.3, -0.25) is 4.79 Å². The molecule has 2 rings (SSSR count). The zero-order chi connectivity index (χ0) is 15.2. The molecule has 0 radical (unpaired) electrons. The van der Waals surface area contributed by atoms with E-state index in [-0.39, 0.29) is 11.5 Å². The van der Waals surface area contributed by atoms with Crippen LogP contribution in [0.2, 0.25) is 0 Å². The van der Waals surface area contributed by atoms with E-state index in [0.29, 0.717) is 17.0 Å². The fourth-order valence-electron chi connectivity index (χ4n) is 1.88. The Bertz CT molecular complexity index is 660. The van der Waals surface area contributed by atoms with E-state index in [1.807, 2.05) is 6.07 Å². The Morgan fingerprint density at radius 2 is 1.90 bits per heavy atom. The average molecular weight is 283 g/mol. The van der Waals surface area contributed by atoms with E-state index in [2.05, 4.69) is 5.32 Å². The molecule has 0 aliphatic heterocycles. The lowest BCUT2D eigenvalue weighted by atomic mass is 10.1. The highest BCUT2D eigenvalue weighted by atomic mass is 16.5. The highest BCUT2D eigenvalue weighted by Crippen LogP contribution is 2.17. The maximum Gasteiger partial charge on any atom is 0.187 e. The SMILES string of the molecule is COc1ccc(C(=O)/C=C(\C)Nc2cccc(O)c2)cc1. The van der Waals surface area contributed by atoms with Crippen LogP contribution in [0.4, 0.5) is 5.69 Å². The van der Waals surface area contributed by atoms with E-state index in [0.717, 1.165) is 5.69 Å². The van der Waals surface area contributed by atoms with Crippen molar-refractivity contribution in [3.05, 3.63) is 65.9 Å². The maximum atomic E-state index is 12.1. The van der Waals surface area contributed by atoms with Gasteiger partial charge in [-0.15, -0.1) is 0 Å². The van der Waals surface area contributed by atoms with Gasteiger partial charge in [0.1, 0.15) is 11.5 Å². The van der Waals surface area contributed by atoms with Gasteiger partial charge in [0.25, 0.3) is 0 Å². The number of ketones is 1. The minimum Gasteiger partial charge on any atom is -0.508 e. The van der Waals surface area contributed by atoms with Crippen LogP contribution >= 0.6 is 0 Å². The van der Waals surface area contributed by atoms with Crippen LogP contribution in [-0.2, 0) is 0 Å². The molecule has 108 valence electrons. The van der Waals surface area contributed by atoms with E-state index < -0.39 is 0 Å². The Hall–Kier alpha value is -2.75. The van der Waals surface area contributed by atoms with Crippen molar-refractivity contribution in [2.45, 2.75) is 6.92 Å². The third-order valence-electron chi connectivity index (χ3n) is 2.91. The lowest BCUT2D eigenvalue weighted by Gasteiger charge is -2.07. The Balaban J connectivity index is 2.08. The first kappa shape index (κ1) is 14.7. The molecule has 0 aliphatic carbocycles. The number of allylic oxidation sites excluding steroid dienone is 2. The number of methoxy groups -OCH3 is 1. The molecular formula is C17H17NO3. The Labute approximate surface area is 123 Å². The van der Waals surface area contributed by atoms with Crippen LogP contribution in [0.5, 0.6) is 11.5 Å². The quantitative estimate of drug-likeness (QED) is 0.650. The topological polar surface area (TPSA) is 58.6 Å². The second kappa shape index (κ2) is 6.61. The highest BCUT2D eigenvalue weighted by Gasteiger charge is 2.04. The molecular weight excluding hydrogens is 266 g/mol. The monoisotopic (exact) mass is 283 g/mol. The summed E-state index contributed by atoms with van der Waals surface area (Å²) in [6.45, 7) is 1.80. The summed E-state index contributed by atoms with van der Waals surface area (Å²) in [4.78, 5) is 12.1. The molecule has 4 heteroatoms. The zero-order valence-electron chi connectivity index (χ0n) is 12.0. The third kappa shape index (κ3) is 4.11. The van der Waals surface area contributed by atoms with Crippen molar-refractivity contribution < 1.29 is 14.6 Å². The summed E-state index contributed by atoms with van der Waals surface area (Å²) in [7, 11) is 1.58. The van der Waals surface area contributed by atoms with Crippen LogP contribution in [0.15, 0.2) is 60.3 Å². The van der Waals surface area contributed by atoms with Gasteiger partial charge in [-0.25, -0.2) is 0 Å². The number of phenols is 1. The van der Waals surface area contributed by atoms with Crippen molar-refractivity contribution in [1.82, 2.24) is 0 Å². The second-order valence-corrected chi connectivity index (χ2v) is 4.60. The van der Waals surface area contributed by atoms with Crippen LogP contribution in [0.1, 0.15) is 17.3 Å². The molecule has 0 saturated carbocycles. The molecule has 2 N–H and O–H groups in total. The average Bonchev–Trinajstić information content (AvgIpc) is 2.47. The van der Waals surface area contributed by atoms with E-state index in [1.54, 1.807) is 56.5 Å². The number of ether oxygens (including phenoxy) is 1. The van der Waals surface area contributed by atoms with Crippen molar-refractivity contribution in [3.8, 4) is 11.5 Å². The minimum absolute atomic E-state index is 0.0946. The Morgan fingerprint density at radius 3 is 2.52 bits per heavy atom. The molecule has 0 bridgehead atoms. The summed E-state index contributed by atoms with van der Waals surface area (Å²) in [5, 5.41) is 12.5. The molecule has 0 aliphatic rings. The van der Waals surface area contributed by atoms with Gasteiger partial charge in [-0.2, -0.15) is 0 Å². The normalized spacial score (nSPS) is 11.0. The van der Waals surface area contributed by atoms with Crippen LogP contribution < -0.4 is 10.1 Å². The molecule has 0 fully saturated rings. The smallest absolute Gasteiger partial charge is 0.187 e. The molecule has 0 heterocycles. The van der Waals surface area contributed by atoms with Crippen molar-refractivity contribution in [2.24, 2.45) is 0 Å². The van der Waals surface area contributed by atoms with Crippen molar-refractivity contribution in [2.75, 3.05) is 12.4 Å². The van der Waals surface area contributed by atoms with Crippen molar-refractivity contribution >= 4 is 11.5 Å². The summed E-state index contributed by atoms with van der Waals surface area (Å²) in [5.41, 5.74) is 2.01. The first-order valence-electron chi connectivity index (χ1n) is 6.51. The van der Waals surface area contributed by atoms with Crippen LogP contribution in [0.3, 0.4) is 0 Å². The second-order valence-electron chi connectivity index (χ2n) is 4.60. The van der Waals surface area contributed by atoms with Crippen LogP contribution in [0.25, 0.3) is 0 Å². The number of carbonyl (C=O) groups is 1. The predicted octanol–water partition coefficient (Wildman–Crippen LogP) is 3.60. The number of nitrogens with one attached hydrogen (secondary N) is 1. The molecule has 2 aromatic rings. The molecule has 21 heavy (non-hydrogen) atoms. The van der Waals surface area contributed by atoms with Gasteiger partial charge in [0.2, 0.25) is 0 Å². The summed E-state index contributed by atoms with van der Waals surface area (Å²) in [6.07, 6.45) is 1.52. The fraction of sp³-hybridized carbons (Fsp3) is 0.118. The number of hydrogen-bond acceptors (Lipinski definition) is 4. The van der Waals surface area contributed by atoms with Gasteiger partial charge in [0.05, 0.1) is 7.11 Å². The molecule has 0 unspecified atom stereocenters. The van der Waals surface area contributed by atoms with Gasteiger partial charge in [-0.1, -0.05) is 6.07 Å². The van der Waals surface area contributed by atoms with Crippen molar-refractivity contribution in [1.29, 1.82) is 0 Å². The van der Waals surface area contributed by atoms with E-state index >= 15 is 0 Å².